The molecule has 1 aromatic rings. The van der Waals surface area contributed by atoms with Crippen molar-refractivity contribution in [3.8, 4) is 0 Å². The summed E-state index contributed by atoms with van der Waals surface area (Å²) < 4.78 is 0. The molecule has 0 aliphatic heterocycles. The van der Waals surface area contributed by atoms with Crippen LogP contribution in [-0.4, -0.2) is 15.5 Å². The van der Waals surface area contributed by atoms with Crippen molar-refractivity contribution in [3.05, 3.63) is 11.4 Å². The summed E-state index contributed by atoms with van der Waals surface area (Å²) in [6, 6.07) is 0. The van der Waals surface area contributed by atoms with E-state index in [1.165, 1.54) is 25.7 Å². The molecule has 0 radical (unpaired) electrons. The van der Waals surface area contributed by atoms with Crippen LogP contribution in [0.4, 0.5) is 11.6 Å². The summed E-state index contributed by atoms with van der Waals surface area (Å²) in [5.41, 5.74) is 7.07. The minimum absolute atomic E-state index is 0.177. The van der Waals surface area contributed by atoms with E-state index in [4.69, 9.17) is 5.73 Å². The van der Waals surface area contributed by atoms with E-state index >= 15 is 0 Å². The Hall–Kier alpha value is -1.32. The molecule has 0 spiro atoms. The number of aromatic nitrogens is 2. The van der Waals surface area contributed by atoms with Crippen LogP contribution in [0.25, 0.3) is 0 Å². The third-order valence-electron chi connectivity index (χ3n) is 3.67. The van der Waals surface area contributed by atoms with Gasteiger partial charge in [-0.15, -0.1) is 0 Å². The zero-order valence-corrected chi connectivity index (χ0v) is 11.0. The molecule has 1 saturated carbocycles. The van der Waals surface area contributed by atoms with Gasteiger partial charge in [0.05, 0.1) is 0 Å². The average Bonchev–Trinajstić information content (AvgIpc) is 2.71. The number of rotatable bonds is 3. The summed E-state index contributed by atoms with van der Waals surface area (Å²) in [7, 11) is 0. The Balaban J connectivity index is 2.28. The Labute approximate surface area is 103 Å². The van der Waals surface area contributed by atoms with E-state index in [9.17, 15) is 0 Å². The maximum absolute atomic E-state index is 5.92. The highest BCUT2D eigenvalue weighted by Gasteiger charge is 2.29. The van der Waals surface area contributed by atoms with Gasteiger partial charge in [0, 0.05) is 17.5 Å². The van der Waals surface area contributed by atoms with Gasteiger partial charge in [-0.3, -0.25) is 0 Å². The molecule has 0 amide bonds. The predicted octanol–water partition coefficient (Wildman–Crippen LogP) is 2.67. The van der Waals surface area contributed by atoms with Crippen molar-refractivity contribution < 1.29 is 0 Å². The van der Waals surface area contributed by atoms with Crippen molar-refractivity contribution in [2.45, 2.75) is 58.4 Å². The smallest absolute Gasteiger partial charge is 0.135 e. The minimum atomic E-state index is 0.177. The second-order valence-corrected chi connectivity index (χ2v) is 5.25. The van der Waals surface area contributed by atoms with E-state index in [2.05, 4.69) is 22.2 Å². The molecule has 1 aromatic heterocycles. The summed E-state index contributed by atoms with van der Waals surface area (Å²) in [5.74, 6) is 2.33. The Kier molecular flexibility index (Phi) is 3.22. The van der Waals surface area contributed by atoms with Gasteiger partial charge in [0.1, 0.15) is 17.5 Å². The highest BCUT2D eigenvalue weighted by Crippen LogP contribution is 2.33. The van der Waals surface area contributed by atoms with Crippen LogP contribution >= 0.6 is 0 Å². The molecule has 4 heteroatoms. The molecule has 0 aromatic carbocycles. The lowest BCUT2D eigenvalue weighted by molar-refractivity contribution is 0.530. The third kappa shape index (κ3) is 2.51. The van der Waals surface area contributed by atoms with E-state index in [0.717, 1.165) is 23.6 Å². The second kappa shape index (κ2) is 4.51. The van der Waals surface area contributed by atoms with Crippen LogP contribution in [0.5, 0.6) is 0 Å². The summed E-state index contributed by atoms with van der Waals surface area (Å²) in [6.45, 7) is 6.30. The van der Waals surface area contributed by atoms with E-state index in [1.807, 2.05) is 13.8 Å². The lowest BCUT2D eigenvalue weighted by atomic mass is 10.0. The number of nitrogens with two attached hydrogens (primary N) is 1. The molecule has 1 aliphatic carbocycles. The average molecular weight is 234 g/mol. The fraction of sp³-hybridized carbons (Fsp3) is 0.692. The first-order valence-corrected chi connectivity index (χ1v) is 6.45. The van der Waals surface area contributed by atoms with Crippen molar-refractivity contribution >= 4 is 11.6 Å². The Morgan fingerprint density at radius 1 is 1.29 bits per heavy atom. The molecule has 1 fully saturated rings. The number of nitrogens with one attached hydrogen (secondary N) is 1. The van der Waals surface area contributed by atoms with E-state index < -0.39 is 0 Å². The molecule has 0 atom stereocenters. The van der Waals surface area contributed by atoms with Gasteiger partial charge in [-0.25, -0.2) is 9.97 Å². The second-order valence-electron chi connectivity index (χ2n) is 5.25. The topological polar surface area (TPSA) is 63.8 Å². The summed E-state index contributed by atoms with van der Waals surface area (Å²) in [4.78, 5) is 8.83. The Morgan fingerprint density at radius 2 is 1.94 bits per heavy atom. The van der Waals surface area contributed by atoms with Crippen LogP contribution < -0.4 is 11.1 Å². The Morgan fingerprint density at radius 3 is 2.53 bits per heavy atom. The first kappa shape index (κ1) is 12.1. The van der Waals surface area contributed by atoms with Gasteiger partial charge in [-0.2, -0.15) is 0 Å². The number of nitrogen functional groups attached to an aromatic ring is 1. The zero-order valence-electron chi connectivity index (χ0n) is 11.0. The van der Waals surface area contributed by atoms with E-state index in [0.29, 0.717) is 5.82 Å². The molecule has 2 rings (SSSR count). The molecule has 4 nitrogen and oxygen atoms in total. The predicted molar refractivity (Wildman–Crippen MR) is 71.1 cm³/mol. The molecule has 3 N–H and O–H groups in total. The summed E-state index contributed by atoms with van der Waals surface area (Å²) in [5, 5.41) is 3.57. The first-order chi connectivity index (χ1) is 8.04. The highest BCUT2D eigenvalue weighted by atomic mass is 15.1. The lowest BCUT2D eigenvalue weighted by Gasteiger charge is -2.27. The van der Waals surface area contributed by atoms with Gasteiger partial charge < -0.3 is 11.1 Å². The van der Waals surface area contributed by atoms with Gasteiger partial charge in [-0.05, 0) is 26.7 Å². The lowest BCUT2D eigenvalue weighted by Crippen LogP contribution is -2.32. The SMILES string of the molecule is CCc1nc(N)c(C)c(NC2(C)CCCC2)n1. The molecule has 1 aliphatic rings. The van der Waals surface area contributed by atoms with E-state index in [-0.39, 0.29) is 5.54 Å². The standard InChI is InChI=1S/C13H22N4/c1-4-10-15-11(14)9(2)12(16-10)17-13(3)7-5-6-8-13/h4-8H2,1-3H3,(H3,14,15,16,17). The van der Waals surface area contributed by atoms with Crippen LogP contribution in [0.1, 0.15) is 50.9 Å². The van der Waals surface area contributed by atoms with Crippen molar-refractivity contribution in [1.82, 2.24) is 9.97 Å². The zero-order chi connectivity index (χ0) is 12.5. The van der Waals surface area contributed by atoms with Gasteiger partial charge in [0.25, 0.3) is 0 Å². The molecular formula is C13H22N4. The number of hydrogen-bond acceptors (Lipinski definition) is 4. The Bertz CT molecular complexity index is 408. The number of hydrogen-bond donors (Lipinski definition) is 2. The molecule has 0 unspecified atom stereocenters. The van der Waals surface area contributed by atoms with E-state index in [1.54, 1.807) is 0 Å². The van der Waals surface area contributed by atoms with Gasteiger partial charge in [0.15, 0.2) is 0 Å². The molecule has 1 heterocycles. The van der Waals surface area contributed by atoms with Gasteiger partial charge in [0.2, 0.25) is 0 Å². The minimum Gasteiger partial charge on any atom is -0.383 e. The summed E-state index contributed by atoms with van der Waals surface area (Å²) in [6.07, 6.45) is 5.82. The highest BCUT2D eigenvalue weighted by molar-refractivity contribution is 5.56. The number of aryl methyl sites for hydroxylation is 1. The maximum Gasteiger partial charge on any atom is 0.135 e. The van der Waals surface area contributed by atoms with Crippen LogP contribution in [-0.2, 0) is 6.42 Å². The molecule has 94 valence electrons. The monoisotopic (exact) mass is 234 g/mol. The molecule has 0 saturated heterocycles. The number of nitrogens with zero attached hydrogens (tertiary/aromatic N) is 2. The quantitative estimate of drug-likeness (QED) is 0.844. The van der Waals surface area contributed by atoms with Gasteiger partial charge in [-0.1, -0.05) is 19.8 Å². The molecule has 0 bridgehead atoms. The molecular weight excluding hydrogens is 212 g/mol. The van der Waals surface area contributed by atoms with Crippen LogP contribution in [0.15, 0.2) is 0 Å². The van der Waals surface area contributed by atoms with Gasteiger partial charge >= 0.3 is 0 Å². The maximum atomic E-state index is 5.92. The van der Waals surface area contributed by atoms with Crippen molar-refractivity contribution in [3.63, 3.8) is 0 Å². The molecule has 17 heavy (non-hydrogen) atoms. The van der Waals surface area contributed by atoms with Crippen LogP contribution in [0.2, 0.25) is 0 Å². The summed E-state index contributed by atoms with van der Waals surface area (Å²) >= 11 is 0. The fourth-order valence-corrected chi connectivity index (χ4v) is 2.43. The normalized spacial score (nSPS) is 18.3. The fourth-order valence-electron chi connectivity index (χ4n) is 2.43. The van der Waals surface area contributed by atoms with Crippen molar-refractivity contribution in [1.29, 1.82) is 0 Å². The first-order valence-electron chi connectivity index (χ1n) is 6.45. The third-order valence-corrected chi connectivity index (χ3v) is 3.67. The number of anilines is 2. The van der Waals surface area contributed by atoms with Crippen molar-refractivity contribution in [2.24, 2.45) is 0 Å². The van der Waals surface area contributed by atoms with Crippen molar-refractivity contribution in [2.75, 3.05) is 11.1 Å². The van der Waals surface area contributed by atoms with Crippen LogP contribution in [0.3, 0.4) is 0 Å². The largest absolute Gasteiger partial charge is 0.383 e. The van der Waals surface area contributed by atoms with Crippen LogP contribution in [0, 0.1) is 6.92 Å².